The van der Waals surface area contributed by atoms with Crippen LogP contribution < -0.4 is 28.4 Å². The third-order valence-electron chi connectivity index (χ3n) is 17.8. The highest BCUT2D eigenvalue weighted by molar-refractivity contribution is 5.55. The Balaban J connectivity index is 0.639. The normalized spacial score (nSPS) is 19.6. The predicted octanol–water partition coefficient (Wildman–Crippen LogP) is 13.4. The highest BCUT2D eigenvalue weighted by Crippen LogP contribution is 2.44. The molecule has 5 unspecified atom stereocenters. The molecule has 4 fully saturated rings. The largest absolute Gasteiger partial charge is 0.493 e. The third-order valence-corrected chi connectivity index (χ3v) is 17.8. The molecule has 440 valence electrons. The maximum Gasteiger partial charge on any atom is 0.119 e. The minimum absolute atomic E-state index is 0.156. The number of hydrogen-bond acceptors (Lipinski definition) is 11. The lowest BCUT2D eigenvalue weighted by molar-refractivity contribution is 0.0857. The zero-order valence-electron chi connectivity index (χ0n) is 49.7. The molecule has 85 heavy (non-hydrogen) atoms. The summed E-state index contributed by atoms with van der Waals surface area (Å²) in [7, 11) is 0. The Hall–Kier alpha value is -7.64. The number of hydrogen-bond donors (Lipinski definition) is 1. The Kier molecular flexibility index (Phi) is 16.8. The van der Waals surface area contributed by atoms with Crippen molar-refractivity contribution in [3.8, 4) is 34.5 Å². The molecule has 8 aromatic rings. The second-order valence-corrected chi connectivity index (χ2v) is 24.5. The second kappa shape index (κ2) is 24.8. The van der Waals surface area contributed by atoms with Gasteiger partial charge in [0.2, 0.25) is 0 Å². The summed E-state index contributed by atoms with van der Waals surface area (Å²) >= 11 is 0. The summed E-state index contributed by atoms with van der Waals surface area (Å²) in [6.45, 7) is 19.4. The molecule has 0 spiro atoms. The summed E-state index contributed by atoms with van der Waals surface area (Å²) in [5.74, 6) is 4.78. The molecular formula is C74H78O11. The van der Waals surface area contributed by atoms with Crippen LogP contribution in [0.25, 0.3) is 0 Å². The fourth-order valence-corrected chi connectivity index (χ4v) is 11.2. The van der Waals surface area contributed by atoms with Gasteiger partial charge in [0.25, 0.3) is 0 Å². The van der Waals surface area contributed by atoms with Gasteiger partial charge in [-0.2, -0.15) is 0 Å². The number of epoxide rings is 4. The summed E-state index contributed by atoms with van der Waals surface area (Å²) in [5, 5.41) is 11.0. The van der Waals surface area contributed by atoms with Crippen LogP contribution in [0.1, 0.15) is 104 Å². The number of ether oxygens (including phenoxy) is 10. The highest BCUT2D eigenvalue weighted by atomic mass is 16.6. The molecule has 4 aliphatic rings. The molecule has 0 saturated carbocycles. The van der Waals surface area contributed by atoms with Crippen LogP contribution in [-0.2, 0) is 40.6 Å². The van der Waals surface area contributed by atoms with E-state index in [2.05, 4.69) is 211 Å². The van der Waals surface area contributed by atoms with E-state index in [-0.39, 0.29) is 41.9 Å². The molecule has 12 rings (SSSR count). The van der Waals surface area contributed by atoms with Crippen LogP contribution in [-0.4, -0.2) is 102 Å². The standard InChI is InChI=1S/C74H78O11/c1-71(2,50-7-11-54(12-8-50)73(5,56-19-31-63(32-20-56)78-42-67-46-82-67)57-21-33-64(34-22-57)79-43-68-47-83-68)52-15-27-61(28-16-52)76-40-39-60(75)41-77-62-29-17-53(18-30-62)72(3,4)51-9-13-55(14-10-51)74(6,58-23-35-65(36-24-58)80-44-69-48-84-69)59-25-37-66(38-26-59)81-45-70-49-85-70/h7-38,60,67-70,75H,39-49H2,1-6H3. The molecule has 5 atom stereocenters. The molecule has 4 heterocycles. The molecule has 0 aliphatic carbocycles. The van der Waals surface area contributed by atoms with Gasteiger partial charge in [-0.25, -0.2) is 0 Å². The van der Waals surface area contributed by atoms with Crippen LogP contribution in [0.2, 0.25) is 0 Å². The zero-order valence-corrected chi connectivity index (χ0v) is 49.7. The van der Waals surface area contributed by atoms with E-state index in [1.807, 2.05) is 24.3 Å². The highest BCUT2D eigenvalue weighted by Gasteiger charge is 2.36. The molecule has 8 aromatic carbocycles. The number of rotatable bonds is 29. The average Bonchev–Trinajstić information content (AvgIpc) is 2.92. The van der Waals surface area contributed by atoms with E-state index in [1.54, 1.807) is 0 Å². The Labute approximate surface area is 500 Å². The maximum absolute atomic E-state index is 11.0. The van der Waals surface area contributed by atoms with E-state index >= 15 is 0 Å². The van der Waals surface area contributed by atoms with Gasteiger partial charge in [-0.05, 0) is 142 Å². The first-order valence-electron chi connectivity index (χ1n) is 30.0. The molecule has 11 nitrogen and oxygen atoms in total. The van der Waals surface area contributed by atoms with Gasteiger partial charge in [0.05, 0.1) is 39.1 Å². The fraction of sp³-hybridized carbons (Fsp3) is 0.351. The Bertz CT molecular complexity index is 3320. The van der Waals surface area contributed by atoms with Crippen molar-refractivity contribution in [1.82, 2.24) is 0 Å². The molecular weight excluding hydrogens is 1060 g/mol. The van der Waals surface area contributed by atoms with Crippen molar-refractivity contribution < 1.29 is 52.5 Å². The van der Waals surface area contributed by atoms with Crippen molar-refractivity contribution >= 4 is 0 Å². The SMILES string of the molecule is CC(C)(c1ccc(OCCC(O)COc2ccc(C(C)(C)c3ccc(C(C)(c4ccc(OCC5CO5)cc4)c4ccc(OCC5CO5)cc4)cc3)cc2)cc1)c1ccc(C(C)(c2ccc(OCC3CO3)cc2)c2ccc(OCC3CO3)cc2)cc1. The van der Waals surface area contributed by atoms with Gasteiger partial charge in [-0.1, -0.05) is 149 Å². The minimum atomic E-state index is -0.701. The van der Waals surface area contributed by atoms with E-state index in [9.17, 15) is 5.11 Å². The van der Waals surface area contributed by atoms with Crippen LogP contribution in [0.15, 0.2) is 194 Å². The fourth-order valence-electron chi connectivity index (χ4n) is 11.2. The van der Waals surface area contributed by atoms with Crippen molar-refractivity contribution in [3.05, 3.63) is 250 Å². The summed E-state index contributed by atoms with van der Waals surface area (Å²) in [6.07, 6.45) is 0.497. The van der Waals surface area contributed by atoms with E-state index in [4.69, 9.17) is 47.4 Å². The second-order valence-electron chi connectivity index (χ2n) is 24.5. The maximum atomic E-state index is 11.0. The predicted molar refractivity (Wildman–Crippen MR) is 329 cm³/mol. The first-order chi connectivity index (χ1) is 41.2. The van der Waals surface area contributed by atoms with Crippen molar-refractivity contribution in [2.45, 2.75) is 100 Å². The van der Waals surface area contributed by atoms with E-state index in [1.165, 1.54) is 27.8 Å². The van der Waals surface area contributed by atoms with Gasteiger partial charge in [-0.15, -0.1) is 0 Å². The van der Waals surface area contributed by atoms with Crippen LogP contribution >= 0.6 is 0 Å². The molecule has 0 aromatic heterocycles. The van der Waals surface area contributed by atoms with Crippen LogP contribution in [0.4, 0.5) is 0 Å². The number of aliphatic hydroxyl groups excluding tert-OH is 1. The lowest BCUT2D eigenvalue weighted by atomic mass is 9.70. The van der Waals surface area contributed by atoms with E-state index in [0.717, 1.165) is 83.0 Å². The average molecular weight is 1140 g/mol. The quantitative estimate of drug-likeness (QED) is 0.0356. The zero-order chi connectivity index (χ0) is 58.6. The lowest BCUT2D eigenvalue weighted by Gasteiger charge is -2.33. The van der Waals surface area contributed by atoms with Crippen LogP contribution in [0.5, 0.6) is 34.5 Å². The van der Waals surface area contributed by atoms with Gasteiger partial charge in [0.1, 0.15) is 91.9 Å². The molecule has 0 bridgehead atoms. The van der Waals surface area contributed by atoms with Crippen LogP contribution in [0, 0.1) is 0 Å². The third kappa shape index (κ3) is 13.7. The number of aliphatic hydroxyl groups is 1. The Morgan fingerprint density at radius 1 is 0.318 bits per heavy atom. The monoisotopic (exact) mass is 1140 g/mol. The summed E-state index contributed by atoms with van der Waals surface area (Å²) in [5.41, 5.74) is 10.2. The van der Waals surface area contributed by atoms with Gasteiger partial charge in [0.15, 0.2) is 0 Å². The molecule has 1 N–H and O–H groups in total. The van der Waals surface area contributed by atoms with Crippen LogP contribution in [0.3, 0.4) is 0 Å². The van der Waals surface area contributed by atoms with Gasteiger partial charge < -0.3 is 52.5 Å². The van der Waals surface area contributed by atoms with Crippen molar-refractivity contribution in [3.63, 3.8) is 0 Å². The Morgan fingerprint density at radius 2 is 0.518 bits per heavy atom. The van der Waals surface area contributed by atoms with Crippen molar-refractivity contribution in [1.29, 1.82) is 0 Å². The van der Waals surface area contributed by atoms with Gasteiger partial charge in [0, 0.05) is 28.1 Å². The molecule has 11 heteroatoms. The minimum Gasteiger partial charge on any atom is -0.493 e. The first-order valence-corrected chi connectivity index (χ1v) is 30.0. The molecule has 4 saturated heterocycles. The van der Waals surface area contributed by atoms with Crippen molar-refractivity contribution in [2.24, 2.45) is 0 Å². The smallest absolute Gasteiger partial charge is 0.119 e. The van der Waals surface area contributed by atoms with Crippen molar-refractivity contribution in [2.75, 3.05) is 66.1 Å². The summed E-state index contributed by atoms with van der Waals surface area (Å²) < 4.78 is 57.7. The van der Waals surface area contributed by atoms with E-state index in [0.29, 0.717) is 45.2 Å². The van der Waals surface area contributed by atoms with E-state index < -0.39 is 16.9 Å². The summed E-state index contributed by atoms with van der Waals surface area (Å²) in [6, 6.07) is 68.3. The lowest BCUT2D eigenvalue weighted by Crippen LogP contribution is -2.26. The molecule has 0 amide bonds. The summed E-state index contributed by atoms with van der Waals surface area (Å²) in [4.78, 5) is 0. The molecule has 0 radical (unpaired) electrons. The Morgan fingerprint density at radius 3 is 0.765 bits per heavy atom. The van der Waals surface area contributed by atoms with Gasteiger partial charge >= 0.3 is 0 Å². The topological polar surface area (TPSA) is 126 Å². The molecule has 4 aliphatic heterocycles. The first kappa shape index (κ1) is 57.8. The number of benzene rings is 8. The van der Waals surface area contributed by atoms with Gasteiger partial charge in [-0.3, -0.25) is 0 Å².